The summed E-state index contributed by atoms with van der Waals surface area (Å²) in [4.78, 5) is 16.0. The molecule has 1 heterocycles. The van der Waals surface area contributed by atoms with Gasteiger partial charge in [0.1, 0.15) is 0 Å². The van der Waals surface area contributed by atoms with Crippen molar-refractivity contribution in [1.82, 2.24) is 10.3 Å². The summed E-state index contributed by atoms with van der Waals surface area (Å²) in [6.07, 6.45) is 3.44. The molecule has 0 aliphatic heterocycles. The first kappa shape index (κ1) is 13.1. The molecule has 4 heteroatoms. The molecule has 0 atom stereocenters. The standard InChI is InChI=1S/C17H15N3O/c21-17(19-12-13-5-4-10-18-11-13)20-16-9-3-7-14-6-1-2-8-15(14)16/h1-11H,12H2,(H2,19,20,21). The third-order valence-corrected chi connectivity index (χ3v) is 3.21. The molecule has 2 N–H and O–H groups in total. The van der Waals surface area contributed by atoms with E-state index in [1.54, 1.807) is 12.4 Å². The predicted octanol–water partition coefficient (Wildman–Crippen LogP) is 3.56. The number of nitrogens with zero attached hydrogens (tertiary/aromatic N) is 1. The van der Waals surface area contributed by atoms with E-state index in [4.69, 9.17) is 0 Å². The number of pyridine rings is 1. The molecule has 21 heavy (non-hydrogen) atoms. The van der Waals surface area contributed by atoms with Crippen molar-refractivity contribution in [2.24, 2.45) is 0 Å². The quantitative estimate of drug-likeness (QED) is 0.769. The molecule has 2 aromatic carbocycles. The van der Waals surface area contributed by atoms with Gasteiger partial charge in [-0.1, -0.05) is 42.5 Å². The number of hydrogen-bond acceptors (Lipinski definition) is 2. The summed E-state index contributed by atoms with van der Waals surface area (Å²) >= 11 is 0. The summed E-state index contributed by atoms with van der Waals surface area (Å²) in [5, 5.41) is 7.83. The molecule has 0 spiro atoms. The van der Waals surface area contributed by atoms with Crippen LogP contribution in [0.4, 0.5) is 10.5 Å². The Morgan fingerprint density at radius 3 is 2.71 bits per heavy atom. The van der Waals surface area contributed by atoms with E-state index < -0.39 is 0 Å². The maximum Gasteiger partial charge on any atom is 0.319 e. The van der Waals surface area contributed by atoms with E-state index in [0.717, 1.165) is 22.0 Å². The minimum Gasteiger partial charge on any atom is -0.334 e. The lowest BCUT2D eigenvalue weighted by atomic mass is 10.1. The summed E-state index contributed by atoms with van der Waals surface area (Å²) in [7, 11) is 0. The number of amides is 2. The zero-order valence-corrected chi connectivity index (χ0v) is 11.4. The Kier molecular flexibility index (Phi) is 3.78. The van der Waals surface area contributed by atoms with Gasteiger partial charge in [0.05, 0.1) is 5.69 Å². The van der Waals surface area contributed by atoms with Crippen molar-refractivity contribution in [3.05, 3.63) is 72.6 Å². The summed E-state index contributed by atoms with van der Waals surface area (Å²) in [5.41, 5.74) is 1.77. The Labute approximate surface area is 122 Å². The van der Waals surface area contributed by atoms with Crippen LogP contribution in [0.15, 0.2) is 67.0 Å². The van der Waals surface area contributed by atoms with Crippen LogP contribution in [0.25, 0.3) is 10.8 Å². The van der Waals surface area contributed by atoms with Crippen molar-refractivity contribution in [3.8, 4) is 0 Å². The van der Waals surface area contributed by atoms with E-state index in [-0.39, 0.29) is 6.03 Å². The minimum atomic E-state index is -0.227. The average molecular weight is 277 g/mol. The molecule has 0 unspecified atom stereocenters. The Morgan fingerprint density at radius 1 is 1.00 bits per heavy atom. The fraction of sp³-hybridized carbons (Fsp3) is 0.0588. The lowest BCUT2D eigenvalue weighted by Crippen LogP contribution is -2.28. The first-order chi connectivity index (χ1) is 10.3. The molecule has 3 aromatic rings. The van der Waals surface area contributed by atoms with E-state index >= 15 is 0 Å². The van der Waals surface area contributed by atoms with Crippen LogP contribution in [0.2, 0.25) is 0 Å². The molecule has 0 radical (unpaired) electrons. The van der Waals surface area contributed by atoms with Gasteiger partial charge < -0.3 is 10.6 Å². The molecule has 104 valence electrons. The van der Waals surface area contributed by atoms with E-state index in [9.17, 15) is 4.79 Å². The molecule has 2 amide bonds. The predicted molar refractivity (Wildman–Crippen MR) is 84.0 cm³/mol. The molecular weight excluding hydrogens is 262 g/mol. The number of carbonyl (C=O) groups is 1. The van der Waals surface area contributed by atoms with Gasteiger partial charge >= 0.3 is 6.03 Å². The van der Waals surface area contributed by atoms with Crippen LogP contribution < -0.4 is 10.6 Å². The van der Waals surface area contributed by atoms with E-state index in [0.29, 0.717) is 6.54 Å². The molecule has 0 aliphatic carbocycles. The van der Waals surface area contributed by atoms with Crippen molar-refractivity contribution in [2.75, 3.05) is 5.32 Å². The molecule has 0 bridgehead atoms. The molecule has 4 nitrogen and oxygen atoms in total. The Hall–Kier alpha value is -2.88. The van der Waals surface area contributed by atoms with Gasteiger partial charge in [0.25, 0.3) is 0 Å². The second-order valence-corrected chi connectivity index (χ2v) is 4.70. The highest BCUT2D eigenvalue weighted by Crippen LogP contribution is 2.22. The van der Waals surface area contributed by atoms with Crippen LogP contribution in [-0.2, 0) is 6.54 Å². The second-order valence-electron chi connectivity index (χ2n) is 4.70. The molecule has 0 saturated carbocycles. The number of aromatic nitrogens is 1. The van der Waals surface area contributed by atoms with Crippen molar-refractivity contribution in [3.63, 3.8) is 0 Å². The average Bonchev–Trinajstić information content (AvgIpc) is 2.54. The third-order valence-electron chi connectivity index (χ3n) is 3.21. The molecule has 0 aliphatic rings. The first-order valence-electron chi connectivity index (χ1n) is 6.74. The number of anilines is 1. The highest BCUT2D eigenvalue weighted by molar-refractivity contribution is 6.01. The summed E-state index contributed by atoms with van der Waals surface area (Å²) in [6.45, 7) is 0.449. The van der Waals surface area contributed by atoms with Gasteiger partial charge in [0, 0.05) is 24.3 Å². The maximum absolute atomic E-state index is 12.0. The third kappa shape index (κ3) is 3.17. The van der Waals surface area contributed by atoms with Crippen molar-refractivity contribution in [1.29, 1.82) is 0 Å². The number of fused-ring (bicyclic) bond motifs is 1. The highest BCUT2D eigenvalue weighted by Gasteiger charge is 2.04. The summed E-state index contributed by atoms with van der Waals surface area (Å²) < 4.78 is 0. The minimum absolute atomic E-state index is 0.227. The number of benzene rings is 2. The van der Waals surface area contributed by atoms with Crippen LogP contribution in [0.5, 0.6) is 0 Å². The summed E-state index contributed by atoms with van der Waals surface area (Å²) in [5.74, 6) is 0. The number of hydrogen-bond donors (Lipinski definition) is 2. The normalized spacial score (nSPS) is 10.3. The number of nitrogens with one attached hydrogen (secondary N) is 2. The van der Waals surface area contributed by atoms with Gasteiger partial charge in [0.15, 0.2) is 0 Å². The van der Waals surface area contributed by atoms with Crippen LogP contribution in [0.1, 0.15) is 5.56 Å². The van der Waals surface area contributed by atoms with Crippen molar-refractivity contribution < 1.29 is 4.79 Å². The van der Waals surface area contributed by atoms with Gasteiger partial charge in [0.2, 0.25) is 0 Å². The van der Waals surface area contributed by atoms with E-state index in [1.165, 1.54) is 0 Å². The van der Waals surface area contributed by atoms with Gasteiger partial charge in [-0.2, -0.15) is 0 Å². The fourth-order valence-electron chi connectivity index (χ4n) is 2.19. The van der Waals surface area contributed by atoms with Crippen LogP contribution in [-0.4, -0.2) is 11.0 Å². The number of rotatable bonds is 3. The number of urea groups is 1. The van der Waals surface area contributed by atoms with Crippen LogP contribution >= 0.6 is 0 Å². The lowest BCUT2D eigenvalue weighted by molar-refractivity contribution is 0.252. The SMILES string of the molecule is O=C(NCc1cccnc1)Nc1cccc2ccccc12. The van der Waals surface area contributed by atoms with Crippen LogP contribution in [0, 0.1) is 0 Å². The first-order valence-corrected chi connectivity index (χ1v) is 6.74. The van der Waals surface area contributed by atoms with Crippen molar-refractivity contribution >= 4 is 22.5 Å². The molecular formula is C17H15N3O. The smallest absolute Gasteiger partial charge is 0.319 e. The zero-order valence-electron chi connectivity index (χ0n) is 11.4. The molecule has 3 rings (SSSR count). The van der Waals surface area contributed by atoms with E-state index in [1.807, 2.05) is 54.6 Å². The van der Waals surface area contributed by atoms with Gasteiger partial charge in [-0.05, 0) is 23.1 Å². The van der Waals surface area contributed by atoms with Gasteiger partial charge in [-0.3, -0.25) is 4.98 Å². The van der Waals surface area contributed by atoms with Crippen molar-refractivity contribution in [2.45, 2.75) is 6.54 Å². The zero-order chi connectivity index (χ0) is 14.5. The summed E-state index contributed by atoms with van der Waals surface area (Å²) in [6, 6.07) is 17.3. The molecule has 0 fully saturated rings. The Bertz CT molecular complexity index is 751. The molecule has 0 saturated heterocycles. The lowest BCUT2D eigenvalue weighted by Gasteiger charge is -2.10. The fourth-order valence-corrected chi connectivity index (χ4v) is 2.19. The van der Waals surface area contributed by atoms with Crippen LogP contribution in [0.3, 0.4) is 0 Å². The van der Waals surface area contributed by atoms with E-state index in [2.05, 4.69) is 15.6 Å². The highest BCUT2D eigenvalue weighted by atomic mass is 16.2. The van der Waals surface area contributed by atoms with Gasteiger partial charge in [-0.25, -0.2) is 4.79 Å². The van der Waals surface area contributed by atoms with Gasteiger partial charge in [-0.15, -0.1) is 0 Å². The Morgan fingerprint density at radius 2 is 1.86 bits per heavy atom. The monoisotopic (exact) mass is 277 g/mol. The largest absolute Gasteiger partial charge is 0.334 e. The second kappa shape index (κ2) is 6.05. The maximum atomic E-state index is 12.0. The molecule has 1 aromatic heterocycles. The number of carbonyl (C=O) groups excluding carboxylic acids is 1. The topological polar surface area (TPSA) is 54.0 Å². The Balaban J connectivity index is 1.69.